The maximum Gasteiger partial charge on any atom is 0.236 e. The summed E-state index contributed by atoms with van der Waals surface area (Å²) >= 11 is 0. The van der Waals surface area contributed by atoms with Gasteiger partial charge in [-0.3, -0.25) is 4.79 Å². The SMILES string of the molecule is CC1(C)CCC(CN2CCNCC2=O)O1. The van der Waals surface area contributed by atoms with Crippen molar-refractivity contribution in [1.82, 2.24) is 10.2 Å². The molecular weight excluding hydrogens is 192 g/mol. The van der Waals surface area contributed by atoms with Crippen molar-refractivity contribution in [1.29, 1.82) is 0 Å². The minimum absolute atomic E-state index is 0.00174. The van der Waals surface area contributed by atoms with Gasteiger partial charge in [0.15, 0.2) is 0 Å². The quantitative estimate of drug-likeness (QED) is 0.719. The Kier molecular flexibility index (Phi) is 2.98. The van der Waals surface area contributed by atoms with Crippen LogP contribution in [0.1, 0.15) is 26.7 Å². The fraction of sp³-hybridized carbons (Fsp3) is 0.909. The van der Waals surface area contributed by atoms with Crippen LogP contribution >= 0.6 is 0 Å². The first-order valence-electron chi connectivity index (χ1n) is 5.73. The minimum atomic E-state index is 0.00174. The lowest BCUT2D eigenvalue weighted by atomic mass is 10.1. The molecule has 86 valence electrons. The highest BCUT2D eigenvalue weighted by atomic mass is 16.5. The van der Waals surface area contributed by atoms with Crippen LogP contribution in [0.2, 0.25) is 0 Å². The molecule has 0 bridgehead atoms. The van der Waals surface area contributed by atoms with Crippen molar-refractivity contribution in [3.63, 3.8) is 0 Å². The van der Waals surface area contributed by atoms with Crippen LogP contribution in [-0.2, 0) is 9.53 Å². The van der Waals surface area contributed by atoms with E-state index in [1.54, 1.807) is 0 Å². The zero-order valence-corrected chi connectivity index (χ0v) is 9.58. The van der Waals surface area contributed by atoms with Crippen molar-refractivity contribution in [2.24, 2.45) is 0 Å². The van der Waals surface area contributed by atoms with Gasteiger partial charge in [-0.15, -0.1) is 0 Å². The number of hydrogen-bond acceptors (Lipinski definition) is 3. The predicted octanol–water partition coefficient (Wildman–Crippen LogP) is 0.376. The number of amides is 1. The monoisotopic (exact) mass is 212 g/mol. The Bertz CT molecular complexity index is 253. The molecule has 4 nitrogen and oxygen atoms in total. The maximum absolute atomic E-state index is 11.6. The first-order valence-corrected chi connectivity index (χ1v) is 5.73. The van der Waals surface area contributed by atoms with Crippen LogP contribution in [0.5, 0.6) is 0 Å². The summed E-state index contributed by atoms with van der Waals surface area (Å²) in [6.45, 7) is 7.21. The van der Waals surface area contributed by atoms with Crippen LogP contribution in [0, 0.1) is 0 Å². The summed E-state index contributed by atoms with van der Waals surface area (Å²) in [6, 6.07) is 0. The molecule has 1 unspecified atom stereocenters. The molecule has 2 aliphatic rings. The van der Waals surface area contributed by atoms with Crippen LogP contribution in [-0.4, -0.2) is 48.7 Å². The number of piperazine rings is 1. The van der Waals surface area contributed by atoms with Crippen molar-refractivity contribution in [3.8, 4) is 0 Å². The second-order valence-electron chi connectivity index (χ2n) is 5.05. The van der Waals surface area contributed by atoms with E-state index in [1.165, 1.54) is 0 Å². The highest BCUT2D eigenvalue weighted by Gasteiger charge is 2.33. The van der Waals surface area contributed by atoms with Gasteiger partial charge in [0.2, 0.25) is 5.91 Å². The Hall–Kier alpha value is -0.610. The van der Waals surface area contributed by atoms with E-state index in [9.17, 15) is 4.79 Å². The summed E-state index contributed by atoms with van der Waals surface area (Å²) in [7, 11) is 0. The molecule has 15 heavy (non-hydrogen) atoms. The van der Waals surface area contributed by atoms with E-state index in [0.29, 0.717) is 6.54 Å². The van der Waals surface area contributed by atoms with E-state index in [1.807, 2.05) is 4.90 Å². The first-order chi connectivity index (χ1) is 7.07. The molecule has 1 atom stereocenters. The molecule has 0 aliphatic carbocycles. The molecule has 0 spiro atoms. The number of carbonyl (C=O) groups excluding carboxylic acids is 1. The van der Waals surface area contributed by atoms with Crippen LogP contribution in [0.15, 0.2) is 0 Å². The average molecular weight is 212 g/mol. The molecule has 2 fully saturated rings. The smallest absolute Gasteiger partial charge is 0.236 e. The maximum atomic E-state index is 11.6. The third kappa shape index (κ3) is 2.69. The standard InChI is InChI=1S/C11H20N2O2/c1-11(2)4-3-9(15-11)8-13-6-5-12-7-10(13)14/h9,12H,3-8H2,1-2H3. The van der Waals surface area contributed by atoms with Gasteiger partial charge in [-0.25, -0.2) is 0 Å². The number of hydrogen-bond donors (Lipinski definition) is 1. The van der Waals surface area contributed by atoms with E-state index in [4.69, 9.17) is 4.74 Å². The van der Waals surface area contributed by atoms with E-state index >= 15 is 0 Å². The van der Waals surface area contributed by atoms with Crippen molar-refractivity contribution in [2.75, 3.05) is 26.2 Å². The largest absolute Gasteiger partial charge is 0.371 e. The Balaban J connectivity index is 1.84. The van der Waals surface area contributed by atoms with Crippen LogP contribution in [0.25, 0.3) is 0 Å². The number of carbonyl (C=O) groups is 1. The average Bonchev–Trinajstić information content (AvgIpc) is 2.50. The Morgan fingerprint density at radius 2 is 2.40 bits per heavy atom. The molecule has 2 saturated heterocycles. The van der Waals surface area contributed by atoms with Gasteiger partial charge >= 0.3 is 0 Å². The Morgan fingerprint density at radius 1 is 1.60 bits per heavy atom. The summed E-state index contributed by atoms with van der Waals surface area (Å²) in [5.74, 6) is 0.203. The molecule has 2 heterocycles. The number of nitrogens with one attached hydrogen (secondary N) is 1. The van der Waals surface area contributed by atoms with Crippen molar-refractivity contribution in [2.45, 2.75) is 38.4 Å². The van der Waals surface area contributed by atoms with Crippen LogP contribution in [0.4, 0.5) is 0 Å². The lowest BCUT2D eigenvalue weighted by Crippen LogP contribution is -2.50. The molecule has 0 aromatic rings. The second kappa shape index (κ2) is 4.10. The zero-order chi connectivity index (χ0) is 10.9. The highest BCUT2D eigenvalue weighted by molar-refractivity contribution is 5.79. The molecule has 2 rings (SSSR count). The summed E-state index contributed by atoms with van der Waals surface area (Å²) in [5, 5.41) is 3.07. The van der Waals surface area contributed by atoms with Gasteiger partial charge in [-0.2, -0.15) is 0 Å². The molecular formula is C11H20N2O2. The van der Waals surface area contributed by atoms with E-state index in [-0.39, 0.29) is 17.6 Å². The number of nitrogens with zero attached hydrogens (tertiary/aromatic N) is 1. The Labute approximate surface area is 91.0 Å². The van der Waals surface area contributed by atoms with Gasteiger partial charge in [0.1, 0.15) is 0 Å². The van der Waals surface area contributed by atoms with Gasteiger partial charge in [0.05, 0.1) is 18.2 Å². The lowest BCUT2D eigenvalue weighted by molar-refractivity contribution is -0.134. The first kappa shape index (κ1) is 10.9. The number of ether oxygens (including phenoxy) is 1. The van der Waals surface area contributed by atoms with Gasteiger partial charge in [0, 0.05) is 19.6 Å². The van der Waals surface area contributed by atoms with Crippen molar-refractivity contribution >= 4 is 5.91 Å². The highest BCUT2D eigenvalue weighted by Crippen LogP contribution is 2.29. The van der Waals surface area contributed by atoms with Crippen LogP contribution in [0.3, 0.4) is 0 Å². The van der Waals surface area contributed by atoms with E-state index in [2.05, 4.69) is 19.2 Å². The van der Waals surface area contributed by atoms with Gasteiger partial charge < -0.3 is 15.0 Å². The normalized spacial score (nSPS) is 30.9. The van der Waals surface area contributed by atoms with Crippen molar-refractivity contribution in [3.05, 3.63) is 0 Å². The van der Waals surface area contributed by atoms with Gasteiger partial charge in [-0.1, -0.05) is 0 Å². The molecule has 1 N–H and O–H groups in total. The summed E-state index contributed by atoms with van der Waals surface area (Å²) in [4.78, 5) is 13.5. The third-order valence-electron chi connectivity index (χ3n) is 3.17. The molecule has 0 radical (unpaired) electrons. The fourth-order valence-electron chi connectivity index (χ4n) is 2.29. The second-order valence-corrected chi connectivity index (χ2v) is 5.05. The summed E-state index contributed by atoms with van der Waals surface area (Å²) in [5.41, 5.74) is 0.00174. The minimum Gasteiger partial charge on any atom is -0.371 e. The summed E-state index contributed by atoms with van der Waals surface area (Å²) < 4.78 is 5.89. The molecule has 2 aliphatic heterocycles. The molecule has 0 saturated carbocycles. The fourth-order valence-corrected chi connectivity index (χ4v) is 2.29. The Morgan fingerprint density at radius 3 is 3.00 bits per heavy atom. The summed E-state index contributed by atoms with van der Waals surface area (Å²) in [6.07, 6.45) is 2.41. The topological polar surface area (TPSA) is 41.6 Å². The molecule has 4 heteroatoms. The number of rotatable bonds is 2. The van der Waals surface area contributed by atoms with Crippen LogP contribution < -0.4 is 5.32 Å². The lowest BCUT2D eigenvalue weighted by Gasteiger charge is -2.30. The molecule has 1 amide bonds. The van der Waals surface area contributed by atoms with Crippen molar-refractivity contribution < 1.29 is 9.53 Å². The van der Waals surface area contributed by atoms with Gasteiger partial charge in [0.25, 0.3) is 0 Å². The third-order valence-corrected chi connectivity index (χ3v) is 3.17. The van der Waals surface area contributed by atoms with Gasteiger partial charge in [-0.05, 0) is 26.7 Å². The molecule has 0 aromatic carbocycles. The predicted molar refractivity (Wildman–Crippen MR) is 57.6 cm³/mol. The molecule has 0 aromatic heterocycles. The zero-order valence-electron chi connectivity index (χ0n) is 9.58. The van der Waals surface area contributed by atoms with E-state index < -0.39 is 0 Å². The van der Waals surface area contributed by atoms with E-state index in [0.717, 1.165) is 32.5 Å².